The standard InChI is InChI=1S/C17H27N3O3S.ClH/c1-18-10-6-11-19-17(21)16-9-5-12-20(13-16)24(22,23)14-15-7-3-2-4-8-15;/h2-4,7-8,16,18H,5-6,9-14H2,1H3,(H,19,21);1H. The van der Waals surface area contributed by atoms with E-state index in [1.165, 1.54) is 4.31 Å². The van der Waals surface area contributed by atoms with Gasteiger partial charge in [0.25, 0.3) is 0 Å². The van der Waals surface area contributed by atoms with E-state index in [1.807, 2.05) is 37.4 Å². The molecule has 0 radical (unpaired) electrons. The van der Waals surface area contributed by atoms with Crippen molar-refractivity contribution in [2.24, 2.45) is 5.92 Å². The maximum atomic E-state index is 12.6. The summed E-state index contributed by atoms with van der Waals surface area (Å²) in [5.74, 6) is -0.297. The predicted octanol–water partition coefficient (Wildman–Crippen LogP) is 1.38. The molecule has 0 saturated carbocycles. The number of carbonyl (C=O) groups is 1. The molecule has 1 atom stereocenters. The zero-order valence-electron chi connectivity index (χ0n) is 14.6. The lowest BCUT2D eigenvalue weighted by atomic mass is 9.99. The molecule has 8 heteroatoms. The molecule has 1 aliphatic heterocycles. The Bertz CT molecular complexity index is 625. The van der Waals surface area contributed by atoms with Crippen molar-refractivity contribution in [3.05, 3.63) is 35.9 Å². The third kappa shape index (κ3) is 6.93. The SMILES string of the molecule is CNCCCNC(=O)C1CCCN(S(=O)(=O)Cc2ccccc2)C1.Cl. The minimum atomic E-state index is -3.39. The minimum absolute atomic E-state index is 0. The van der Waals surface area contributed by atoms with Crippen LogP contribution in [0.3, 0.4) is 0 Å². The number of hydrogen-bond acceptors (Lipinski definition) is 4. The molecular formula is C17H28ClN3O3S. The molecule has 1 amide bonds. The number of hydrogen-bond donors (Lipinski definition) is 2. The van der Waals surface area contributed by atoms with Gasteiger partial charge in [0.1, 0.15) is 0 Å². The molecule has 1 aliphatic rings. The first-order valence-electron chi connectivity index (χ1n) is 8.47. The number of halogens is 1. The van der Waals surface area contributed by atoms with Gasteiger partial charge in [0.2, 0.25) is 15.9 Å². The van der Waals surface area contributed by atoms with Crippen LogP contribution in [0.2, 0.25) is 0 Å². The Hall–Kier alpha value is -1.15. The van der Waals surface area contributed by atoms with Crippen LogP contribution in [-0.2, 0) is 20.6 Å². The first-order chi connectivity index (χ1) is 11.5. The minimum Gasteiger partial charge on any atom is -0.356 e. The topological polar surface area (TPSA) is 78.5 Å². The van der Waals surface area contributed by atoms with Gasteiger partial charge < -0.3 is 10.6 Å². The highest BCUT2D eigenvalue weighted by Crippen LogP contribution is 2.21. The Morgan fingerprint density at radius 2 is 1.96 bits per heavy atom. The summed E-state index contributed by atoms with van der Waals surface area (Å²) in [5, 5.41) is 5.94. The Morgan fingerprint density at radius 1 is 1.24 bits per heavy atom. The number of piperidine rings is 1. The van der Waals surface area contributed by atoms with E-state index >= 15 is 0 Å². The van der Waals surface area contributed by atoms with Crippen LogP contribution in [0.5, 0.6) is 0 Å². The van der Waals surface area contributed by atoms with E-state index in [0.717, 1.165) is 31.4 Å². The predicted molar refractivity (Wildman–Crippen MR) is 102 cm³/mol. The molecule has 1 aromatic rings. The van der Waals surface area contributed by atoms with Crippen LogP contribution >= 0.6 is 12.4 Å². The van der Waals surface area contributed by atoms with Crippen molar-refractivity contribution in [2.45, 2.75) is 25.0 Å². The fraction of sp³-hybridized carbons (Fsp3) is 0.588. The van der Waals surface area contributed by atoms with Gasteiger partial charge in [0.05, 0.1) is 11.7 Å². The van der Waals surface area contributed by atoms with Crippen LogP contribution in [-0.4, -0.2) is 51.9 Å². The molecule has 0 aromatic heterocycles. The van der Waals surface area contributed by atoms with Gasteiger partial charge in [-0.1, -0.05) is 30.3 Å². The molecular weight excluding hydrogens is 362 g/mol. The fourth-order valence-electron chi connectivity index (χ4n) is 2.91. The lowest BCUT2D eigenvalue weighted by Crippen LogP contribution is -2.46. The molecule has 0 aliphatic carbocycles. The molecule has 1 heterocycles. The van der Waals surface area contributed by atoms with Crippen molar-refractivity contribution in [3.8, 4) is 0 Å². The average Bonchev–Trinajstić information content (AvgIpc) is 2.59. The quantitative estimate of drug-likeness (QED) is 0.658. The molecule has 2 N–H and O–H groups in total. The lowest BCUT2D eigenvalue weighted by molar-refractivity contribution is -0.126. The number of rotatable bonds is 8. The van der Waals surface area contributed by atoms with Gasteiger partial charge in [-0.3, -0.25) is 4.79 Å². The number of carbonyl (C=O) groups excluding carboxylic acids is 1. The van der Waals surface area contributed by atoms with Gasteiger partial charge in [-0.2, -0.15) is 0 Å². The molecule has 1 fully saturated rings. The van der Waals surface area contributed by atoms with Gasteiger partial charge in [0.15, 0.2) is 0 Å². The summed E-state index contributed by atoms with van der Waals surface area (Å²) in [5.41, 5.74) is 0.774. The first-order valence-corrected chi connectivity index (χ1v) is 10.1. The molecule has 142 valence electrons. The molecule has 1 unspecified atom stereocenters. The highest BCUT2D eigenvalue weighted by atomic mass is 35.5. The fourth-order valence-corrected chi connectivity index (χ4v) is 4.52. The normalized spacial score (nSPS) is 18.4. The second-order valence-electron chi connectivity index (χ2n) is 6.19. The smallest absolute Gasteiger partial charge is 0.224 e. The summed E-state index contributed by atoms with van der Waals surface area (Å²) >= 11 is 0. The maximum absolute atomic E-state index is 12.6. The third-order valence-electron chi connectivity index (χ3n) is 4.24. The van der Waals surface area contributed by atoms with E-state index in [0.29, 0.717) is 13.1 Å². The van der Waals surface area contributed by atoms with Gasteiger partial charge in [-0.05, 0) is 38.4 Å². The van der Waals surface area contributed by atoms with E-state index in [1.54, 1.807) is 0 Å². The van der Waals surface area contributed by atoms with E-state index in [2.05, 4.69) is 10.6 Å². The number of sulfonamides is 1. The highest BCUT2D eigenvalue weighted by molar-refractivity contribution is 7.88. The van der Waals surface area contributed by atoms with Crippen molar-refractivity contribution < 1.29 is 13.2 Å². The number of benzene rings is 1. The Kier molecular flexibility index (Phi) is 9.42. The van der Waals surface area contributed by atoms with E-state index in [-0.39, 0.29) is 36.5 Å². The molecule has 1 aromatic carbocycles. The molecule has 0 spiro atoms. The van der Waals surface area contributed by atoms with E-state index in [9.17, 15) is 13.2 Å². The zero-order chi connectivity index (χ0) is 17.4. The van der Waals surface area contributed by atoms with Crippen LogP contribution in [0, 0.1) is 5.92 Å². The lowest BCUT2D eigenvalue weighted by Gasteiger charge is -2.31. The van der Waals surface area contributed by atoms with Gasteiger partial charge in [-0.25, -0.2) is 12.7 Å². The summed E-state index contributed by atoms with van der Waals surface area (Å²) in [6.45, 7) is 2.25. The van der Waals surface area contributed by atoms with Crippen LogP contribution in [0.4, 0.5) is 0 Å². The molecule has 6 nitrogen and oxygen atoms in total. The summed E-state index contributed by atoms with van der Waals surface area (Å²) in [6, 6.07) is 9.16. The van der Waals surface area contributed by atoms with Crippen LogP contribution in [0.25, 0.3) is 0 Å². The first kappa shape index (κ1) is 21.9. The van der Waals surface area contributed by atoms with Crippen LogP contribution in [0.15, 0.2) is 30.3 Å². The van der Waals surface area contributed by atoms with Gasteiger partial charge in [-0.15, -0.1) is 12.4 Å². The Labute approximate surface area is 156 Å². The molecule has 2 rings (SSSR count). The second kappa shape index (κ2) is 10.8. The molecule has 25 heavy (non-hydrogen) atoms. The second-order valence-corrected chi connectivity index (χ2v) is 8.16. The molecule has 0 bridgehead atoms. The Morgan fingerprint density at radius 3 is 2.64 bits per heavy atom. The van der Waals surface area contributed by atoms with Crippen molar-refractivity contribution in [3.63, 3.8) is 0 Å². The zero-order valence-corrected chi connectivity index (χ0v) is 16.2. The van der Waals surface area contributed by atoms with Crippen molar-refractivity contribution in [2.75, 3.05) is 33.2 Å². The largest absolute Gasteiger partial charge is 0.356 e. The molecule has 1 saturated heterocycles. The summed E-state index contributed by atoms with van der Waals surface area (Å²) < 4.78 is 26.7. The Balaban J connectivity index is 0.00000312. The monoisotopic (exact) mass is 389 g/mol. The highest BCUT2D eigenvalue weighted by Gasteiger charge is 2.32. The van der Waals surface area contributed by atoms with Crippen molar-refractivity contribution >= 4 is 28.3 Å². The maximum Gasteiger partial charge on any atom is 0.224 e. The third-order valence-corrected chi connectivity index (χ3v) is 6.06. The van der Waals surface area contributed by atoms with E-state index in [4.69, 9.17) is 0 Å². The van der Waals surface area contributed by atoms with Crippen LogP contribution < -0.4 is 10.6 Å². The van der Waals surface area contributed by atoms with Crippen molar-refractivity contribution in [1.82, 2.24) is 14.9 Å². The van der Waals surface area contributed by atoms with E-state index < -0.39 is 10.0 Å². The van der Waals surface area contributed by atoms with Crippen LogP contribution in [0.1, 0.15) is 24.8 Å². The average molecular weight is 390 g/mol. The van der Waals surface area contributed by atoms with Crippen molar-refractivity contribution in [1.29, 1.82) is 0 Å². The summed E-state index contributed by atoms with van der Waals surface area (Å²) in [6.07, 6.45) is 2.34. The number of amides is 1. The number of nitrogens with zero attached hydrogens (tertiary/aromatic N) is 1. The van der Waals surface area contributed by atoms with Gasteiger partial charge >= 0.3 is 0 Å². The summed E-state index contributed by atoms with van der Waals surface area (Å²) in [4.78, 5) is 12.2. The van der Waals surface area contributed by atoms with Gasteiger partial charge in [0, 0.05) is 19.6 Å². The number of nitrogens with one attached hydrogen (secondary N) is 2. The summed E-state index contributed by atoms with van der Waals surface area (Å²) in [7, 11) is -1.52.